The average molecular weight is 292 g/mol. The Morgan fingerprint density at radius 3 is 2.24 bits per heavy atom. The van der Waals surface area contributed by atoms with E-state index in [2.05, 4.69) is 35.8 Å². The lowest BCUT2D eigenvalue weighted by Gasteiger charge is -1.97. The van der Waals surface area contributed by atoms with E-state index in [1.165, 1.54) is 26.2 Å². The summed E-state index contributed by atoms with van der Waals surface area (Å²) in [5.41, 5.74) is 0.234. The maximum Gasteiger partial charge on any atom is 0.356 e. The minimum absolute atomic E-state index is 0.108. The van der Waals surface area contributed by atoms with Crippen LogP contribution in [0.4, 0.5) is 11.6 Å². The van der Waals surface area contributed by atoms with Crippen LogP contribution in [0.3, 0.4) is 0 Å². The number of methoxy groups -OCH3 is 1. The van der Waals surface area contributed by atoms with Crippen molar-refractivity contribution in [3.8, 4) is 0 Å². The third kappa shape index (κ3) is 3.43. The van der Waals surface area contributed by atoms with E-state index in [1.54, 1.807) is 0 Å². The summed E-state index contributed by atoms with van der Waals surface area (Å²) in [4.78, 5) is 34.0. The smallest absolute Gasteiger partial charge is 0.356 e. The zero-order chi connectivity index (χ0) is 15.4. The highest BCUT2D eigenvalue weighted by Gasteiger charge is 2.14. The minimum atomic E-state index is -0.600. The molecule has 0 bridgehead atoms. The minimum Gasteiger partial charge on any atom is -0.464 e. The second-order valence-corrected chi connectivity index (χ2v) is 3.96. The number of nitrogens with zero attached hydrogens (tertiary/aromatic N) is 2. The first-order chi connectivity index (χ1) is 9.99. The first-order valence-corrected chi connectivity index (χ1v) is 5.77. The average Bonchev–Trinajstić information content (AvgIpc) is 3.06. The maximum absolute atomic E-state index is 11.9. The first-order valence-electron chi connectivity index (χ1n) is 5.77. The van der Waals surface area contributed by atoms with Crippen LogP contribution in [0.5, 0.6) is 0 Å². The zero-order valence-corrected chi connectivity index (χ0v) is 11.2. The highest BCUT2D eigenvalue weighted by molar-refractivity contribution is 6.03. The van der Waals surface area contributed by atoms with E-state index >= 15 is 0 Å². The highest BCUT2D eigenvalue weighted by atomic mass is 16.5. The molecule has 2 aromatic rings. The molecule has 21 heavy (non-hydrogen) atoms. The molecule has 0 saturated carbocycles. The van der Waals surface area contributed by atoms with Crippen LogP contribution in [0.2, 0.25) is 0 Å². The Labute approximate surface area is 118 Å². The lowest BCUT2D eigenvalue weighted by molar-refractivity contribution is -0.114. The van der Waals surface area contributed by atoms with E-state index in [0.717, 1.165) is 0 Å². The fourth-order valence-corrected chi connectivity index (χ4v) is 1.47. The van der Waals surface area contributed by atoms with Crippen molar-refractivity contribution in [2.24, 2.45) is 0 Å². The zero-order valence-electron chi connectivity index (χ0n) is 11.2. The topological polar surface area (TPSA) is 142 Å². The van der Waals surface area contributed by atoms with Crippen molar-refractivity contribution < 1.29 is 19.1 Å². The monoisotopic (exact) mass is 292 g/mol. The van der Waals surface area contributed by atoms with Gasteiger partial charge in [-0.25, -0.2) is 4.79 Å². The molecule has 2 heterocycles. The van der Waals surface area contributed by atoms with Gasteiger partial charge in [0.2, 0.25) is 5.91 Å². The maximum atomic E-state index is 11.9. The van der Waals surface area contributed by atoms with Crippen LogP contribution in [0.25, 0.3) is 0 Å². The van der Waals surface area contributed by atoms with Gasteiger partial charge < -0.3 is 15.4 Å². The summed E-state index contributed by atoms with van der Waals surface area (Å²) in [7, 11) is 1.23. The summed E-state index contributed by atoms with van der Waals surface area (Å²) >= 11 is 0. The molecule has 0 fully saturated rings. The molecule has 10 heteroatoms. The Hall–Kier alpha value is -3.17. The van der Waals surface area contributed by atoms with E-state index in [9.17, 15) is 14.4 Å². The van der Waals surface area contributed by atoms with Crippen molar-refractivity contribution in [3.63, 3.8) is 0 Å². The molecule has 0 atom stereocenters. The van der Waals surface area contributed by atoms with E-state index in [0.29, 0.717) is 0 Å². The Morgan fingerprint density at radius 1 is 1.05 bits per heavy atom. The Bertz CT molecular complexity index is 688. The van der Waals surface area contributed by atoms with Crippen LogP contribution in [0.15, 0.2) is 12.1 Å². The molecule has 0 aliphatic heterocycles. The van der Waals surface area contributed by atoms with Gasteiger partial charge in [-0.1, -0.05) is 0 Å². The number of aromatic amines is 2. The fraction of sp³-hybridized carbons (Fsp3) is 0.182. The summed E-state index contributed by atoms with van der Waals surface area (Å²) in [5, 5.41) is 17.3. The predicted molar refractivity (Wildman–Crippen MR) is 70.8 cm³/mol. The van der Waals surface area contributed by atoms with Crippen molar-refractivity contribution in [2.45, 2.75) is 6.92 Å². The SMILES string of the molecule is COC(=O)c1cc(NC(=O)c2cc(NC(C)=O)n[nH]2)n[nH]1. The van der Waals surface area contributed by atoms with Crippen LogP contribution in [-0.2, 0) is 9.53 Å². The summed E-state index contributed by atoms with van der Waals surface area (Å²) in [6.45, 7) is 1.33. The number of amides is 2. The van der Waals surface area contributed by atoms with Crippen LogP contribution in [0.1, 0.15) is 27.9 Å². The van der Waals surface area contributed by atoms with Gasteiger partial charge in [0.05, 0.1) is 7.11 Å². The van der Waals surface area contributed by atoms with Gasteiger partial charge in [0.15, 0.2) is 11.6 Å². The van der Waals surface area contributed by atoms with E-state index in [4.69, 9.17) is 0 Å². The lowest BCUT2D eigenvalue weighted by Crippen LogP contribution is -2.12. The van der Waals surface area contributed by atoms with Crippen LogP contribution in [0, 0.1) is 0 Å². The Kier molecular flexibility index (Phi) is 3.97. The van der Waals surface area contributed by atoms with Gasteiger partial charge in [-0.2, -0.15) is 10.2 Å². The number of carbonyl (C=O) groups is 3. The number of esters is 1. The molecule has 110 valence electrons. The summed E-state index contributed by atoms with van der Waals surface area (Å²) in [6, 6.07) is 2.69. The molecule has 10 nitrogen and oxygen atoms in total. The number of hydrogen-bond acceptors (Lipinski definition) is 6. The molecule has 0 aromatic carbocycles. The molecule has 0 unspecified atom stereocenters. The molecule has 2 rings (SSSR count). The van der Waals surface area contributed by atoms with Gasteiger partial charge in [-0.15, -0.1) is 0 Å². The molecule has 2 amide bonds. The van der Waals surface area contributed by atoms with Gasteiger partial charge in [0.25, 0.3) is 5.91 Å². The van der Waals surface area contributed by atoms with Gasteiger partial charge in [0.1, 0.15) is 11.4 Å². The fourth-order valence-electron chi connectivity index (χ4n) is 1.47. The number of hydrogen-bond donors (Lipinski definition) is 4. The summed E-state index contributed by atoms with van der Waals surface area (Å²) in [5.74, 6) is -1.05. The third-order valence-corrected chi connectivity index (χ3v) is 2.35. The predicted octanol–water partition coefficient (Wildman–Crippen LogP) is 0.130. The second-order valence-electron chi connectivity index (χ2n) is 3.96. The molecule has 0 spiro atoms. The molecule has 0 aliphatic rings. The van der Waals surface area contributed by atoms with Crippen LogP contribution >= 0.6 is 0 Å². The molecule has 0 saturated heterocycles. The summed E-state index contributed by atoms with van der Waals surface area (Å²) in [6.07, 6.45) is 0. The van der Waals surface area contributed by atoms with E-state index in [1.807, 2.05) is 0 Å². The lowest BCUT2D eigenvalue weighted by atomic mass is 10.3. The molecule has 0 aliphatic carbocycles. The van der Waals surface area contributed by atoms with Crippen molar-refractivity contribution in [2.75, 3.05) is 17.7 Å². The molecular formula is C11H12N6O4. The Balaban J connectivity index is 2.04. The molecular weight excluding hydrogens is 280 g/mol. The van der Waals surface area contributed by atoms with E-state index in [-0.39, 0.29) is 28.9 Å². The van der Waals surface area contributed by atoms with Gasteiger partial charge >= 0.3 is 5.97 Å². The van der Waals surface area contributed by atoms with Crippen LogP contribution in [-0.4, -0.2) is 45.3 Å². The number of anilines is 2. The summed E-state index contributed by atoms with van der Waals surface area (Å²) < 4.78 is 4.50. The Morgan fingerprint density at radius 2 is 1.62 bits per heavy atom. The third-order valence-electron chi connectivity index (χ3n) is 2.35. The first kappa shape index (κ1) is 14.2. The highest BCUT2D eigenvalue weighted by Crippen LogP contribution is 2.10. The quantitative estimate of drug-likeness (QED) is 0.590. The van der Waals surface area contributed by atoms with Gasteiger partial charge in [-0.05, 0) is 0 Å². The number of ether oxygens (including phenoxy) is 1. The van der Waals surface area contributed by atoms with Gasteiger partial charge in [0, 0.05) is 19.1 Å². The second kappa shape index (κ2) is 5.86. The number of nitrogens with one attached hydrogen (secondary N) is 4. The number of H-pyrrole nitrogens is 2. The van der Waals surface area contributed by atoms with Gasteiger partial charge in [-0.3, -0.25) is 19.8 Å². The molecule has 2 aromatic heterocycles. The number of carbonyl (C=O) groups excluding carboxylic acids is 3. The van der Waals surface area contributed by atoms with Crippen molar-refractivity contribution in [3.05, 3.63) is 23.5 Å². The molecule has 4 N–H and O–H groups in total. The normalized spacial score (nSPS) is 10.0. The van der Waals surface area contributed by atoms with Crippen molar-refractivity contribution in [1.82, 2.24) is 20.4 Å². The number of aromatic nitrogens is 4. The van der Waals surface area contributed by atoms with Crippen LogP contribution < -0.4 is 10.6 Å². The molecule has 0 radical (unpaired) electrons. The number of rotatable bonds is 4. The van der Waals surface area contributed by atoms with Crippen molar-refractivity contribution >= 4 is 29.4 Å². The van der Waals surface area contributed by atoms with E-state index < -0.39 is 11.9 Å². The standard InChI is InChI=1S/C11H12N6O4/c1-5(18)12-8-3-6(14-16-8)10(19)13-9-4-7(15-17-9)11(20)21-2/h3-4H,1-2H3,(H2,12,14,16,18)(H2,13,15,17,19). The largest absolute Gasteiger partial charge is 0.464 e. The van der Waals surface area contributed by atoms with Crippen molar-refractivity contribution in [1.29, 1.82) is 0 Å².